The lowest BCUT2D eigenvalue weighted by atomic mass is 10.3. The third kappa shape index (κ3) is 4.39. The summed E-state index contributed by atoms with van der Waals surface area (Å²) in [6.45, 7) is 2.40. The van der Waals surface area contributed by atoms with Gasteiger partial charge in [0.1, 0.15) is 12.4 Å². The summed E-state index contributed by atoms with van der Waals surface area (Å²) in [6.07, 6.45) is 0. The second-order valence-electron chi connectivity index (χ2n) is 3.68. The highest BCUT2D eigenvalue weighted by Gasteiger charge is 2.01. The molecule has 1 aromatic carbocycles. The molecule has 1 heterocycles. The Hall–Kier alpha value is -0.360. The average molecular weight is 391 g/mol. The van der Waals surface area contributed by atoms with Crippen LogP contribution in [0.25, 0.3) is 0 Å². The fraction of sp³-hybridized carbons (Fsp3) is 0.231. The molecule has 0 aliphatic rings. The minimum absolute atomic E-state index is 0.658. The molecule has 96 valence electrons. The zero-order valence-electron chi connectivity index (χ0n) is 9.66. The van der Waals surface area contributed by atoms with Crippen LogP contribution in [0.5, 0.6) is 5.75 Å². The number of ether oxygens (including phenoxy) is 1. The molecule has 1 aromatic heterocycles. The Morgan fingerprint density at radius 2 is 2.11 bits per heavy atom. The first-order chi connectivity index (χ1) is 8.75. The minimum Gasteiger partial charge on any atom is -0.491 e. The number of rotatable bonds is 6. The largest absolute Gasteiger partial charge is 0.491 e. The van der Waals surface area contributed by atoms with Crippen molar-refractivity contribution in [3.8, 4) is 5.75 Å². The van der Waals surface area contributed by atoms with Gasteiger partial charge in [0, 0.05) is 22.4 Å². The van der Waals surface area contributed by atoms with Gasteiger partial charge in [-0.1, -0.05) is 22.0 Å². The Morgan fingerprint density at radius 3 is 2.83 bits per heavy atom. The van der Waals surface area contributed by atoms with E-state index in [0.717, 1.165) is 27.8 Å². The molecule has 2 rings (SSSR count). The van der Waals surface area contributed by atoms with Crippen molar-refractivity contribution in [3.63, 3.8) is 0 Å². The lowest BCUT2D eigenvalue weighted by Gasteiger charge is -2.09. The van der Waals surface area contributed by atoms with Crippen molar-refractivity contribution in [2.45, 2.75) is 6.54 Å². The summed E-state index contributed by atoms with van der Waals surface area (Å²) in [6, 6.07) is 10.1. The molecule has 0 radical (unpaired) electrons. The third-order valence-corrected chi connectivity index (χ3v) is 4.30. The minimum atomic E-state index is 0.658. The fourth-order valence-electron chi connectivity index (χ4n) is 1.45. The molecule has 18 heavy (non-hydrogen) atoms. The van der Waals surface area contributed by atoms with Crippen LogP contribution in [0.4, 0.5) is 0 Å². The van der Waals surface area contributed by atoms with E-state index < -0.39 is 0 Å². The lowest BCUT2D eigenvalue weighted by Crippen LogP contribution is -2.20. The molecule has 0 saturated carbocycles. The number of hydrogen-bond donors (Lipinski definition) is 1. The highest BCUT2D eigenvalue weighted by molar-refractivity contribution is 9.11. The van der Waals surface area contributed by atoms with Gasteiger partial charge in [-0.3, -0.25) is 0 Å². The van der Waals surface area contributed by atoms with Crippen LogP contribution in [0.2, 0.25) is 0 Å². The van der Waals surface area contributed by atoms with Crippen molar-refractivity contribution in [2.75, 3.05) is 13.2 Å². The van der Waals surface area contributed by atoms with E-state index in [1.54, 1.807) is 11.3 Å². The molecule has 0 bridgehead atoms. The van der Waals surface area contributed by atoms with Crippen LogP contribution in [-0.2, 0) is 6.54 Å². The van der Waals surface area contributed by atoms with Crippen LogP contribution < -0.4 is 10.1 Å². The van der Waals surface area contributed by atoms with E-state index in [4.69, 9.17) is 4.74 Å². The van der Waals surface area contributed by atoms with Gasteiger partial charge in [-0.15, -0.1) is 11.3 Å². The van der Waals surface area contributed by atoms with Gasteiger partial charge < -0.3 is 10.1 Å². The second kappa shape index (κ2) is 7.28. The van der Waals surface area contributed by atoms with Crippen molar-refractivity contribution < 1.29 is 4.74 Å². The maximum Gasteiger partial charge on any atom is 0.133 e. The highest BCUT2D eigenvalue weighted by atomic mass is 79.9. The van der Waals surface area contributed by atoms with Crippen molar-refractivity contribution in [1.82, 2.24) is 5.32 Å². The van der Waals surface area contributed by atoms with Gasteiger partial charge >= 0.3 is 0 Å². The summed E-state index contributed by atoms with van der Waals surface area (Å²) in [5, 5.41) is 5.44. The van der Waals surface area contributed by atoms with Gasteiger partial charge in [0.15, 0.2) is 0 Å². The first-order valence-electron chi connectivity index (χ1n) is 5.56. The molecule has 0 aliphatic carbocycles. The standard InChI is InChI=1S/C13H13Br2NOS/c14-10-3-4-13(12(15)8-10)17-6-5-16-9-11-2-1-7-18-11/h1-4,7-8,16H,5-6,9H2. The molecule has 0 atom stereocenters. The third-order valence-electron chi connectivity index (χ3n) is 2.31. The van der Waals surface area contributed by atoms with Crippen LogP contribution in [0.3, 0.4) is 0 Å². The zero-order chi connectivity index (χ0) is 12.8. The Labute approximate surface area is 128 Å². The van der Waals surface area contributed by atoms with Crippen molar-refractivity contribution >= 4 is 43.2 Å². The number of thiophene rings is 1. The van der Waals surface area contributed by atoms with Crippen LogP contribution in [0, 0.1) is 0 Å². The fourth-order valence-corrected chi connectivity index (χ4v) is 3.29. The SMILES string of the molecule is Brc1ccc(OCCNCc2cccs2)c(Br)c1. The van der Waals surface area contributed by atoms with Crippen LogP contribution >= 0.6 is 43.2 Å². The Bertz CT molecular complexity index is 488. The van der Waals surface area contributed by atoms with E-state index in [-0.39, 0.29) is 0 Å². The monoisotopic (exact) mass is 389 g/mol. The molecule has 0 aliphatic heterocycles. The Balaban J connectivity index is 1.69. The Morgan fingerprint density at radius 1 is 1.22 bits per heavy atom. The van der Waals surface area contributed by atoms with E-state index in [9.17, 15) is 0 Å². The van der Waals surface area contributed by atoms with Gasteiger partial charge in [-0.2, -0.15) is 0 Å². The summed E-state index contributed by atoms with van der Waals surface area (Å²) >= 11 is 8.65. The topological polar surface area (TPSA) is 21.3 Å². The van der Waals surface area contributed by atoms with E-state index in [1.165, 1.54) is 4.88 Å². The summed E-state index contributed by atoms with van der Waals surface area (Å²) in [5.74, 6) is 0.871. The molecule has 2 nitrogen and oxygen atoms in total. The van der Waals surface area contributed by atoms with Crippen molar-refractivity contribution in [2.24, 2.45) is 0 Å². The molecular formula is C13H13Br2NOS. The highest BCUT2D eigenvalue weighted by Crippen LogP contribution is 2.27. The van der Waals surface area contributed by atoms with Crippen molar-refractivity contribution in [3.05, 3.63) is 49.5 Å². The maximum atomic E-state index is 5.68. The quantitative estimate of drug-likeness (QED) is 0.736. The molecule has 0 amide bonds. The number of nitrogens with one attached hydrogen (secondary N) is 1. The van der Waals surface area contributed by atoms with Crippen LogP contribution in [0.15, 0.2) is 44.7 Å². The van der Waals surface area contributed by atoms with E-state index in [1.807, 2.05) is 18.2 Å². The van der Waals surface area contributed by atoms with Gasteiger partial charge in [0.05, 0.1) is 4.47 Å². The zero-order valence-corrected chi connectivity index (χ0v) is 13.6. The second-order valence-corrected chi connectivity index (χ2v) is 6.48. The summed E-state index contributed by atoms with van der Waals surface area (Å²) < 4.78 is 7.69. The number of hydrogen-bond acceptors (Lipinski definition) is 3. The van der Waals surface area contributed by atoms with Crippen LogP contribution in [0.1, 0.15) is 4.88 Å². The van der Waals surface area contributed by atoms with E-state index in [2.05, 4.69) is 54.7 Å². The number of halogens is 2. The Kier molecular flexibility index (Phi) is 5.69. The van der Waals surface area contributed by atoms with E-state index in [0.29, 0.717) is 6.61 Å². The summed E-state index contributed by atoms with van der Waals surface area (Å²) in [5.41, 5.74) is 0. The van der Waals surface area contributed by atoms with Gasteiger partial charge in [-0.05, 0) is 45.6 Å². The molecule has 0 saturated heterocycles. The first kappa shape index (κ1) is 14.1. The molecule has 2 aromatic rings. The average Bonchev–Trinajstić information content (AvgIpc) is 2.84. The van der Waals surface area contributed by atoms with Gasteiger partial charge in [0.25, 0.3) is 0 Å². The molecule has 5 heteroatoms. The molecule has 0 fully saturated rings. The number of benzene rings is 1. The maximum absolute atomic E-state index is 5.68. The molecule has 0 spiro atoms. The van der Waals surface area contributed by atoms with Gasteiger partial charge in [-0.25, -0.2) is 0 Å². The normalized spacial score (nSPS) is 10.6. The predicted octanol–water partition coefficient (Wildman–Crippen LogP) is 4.44. The molecular weight excluding hydrogens is 378 g/mol. The molecule has 0 unspecified atom stereocenters. The lowest BCUT2D eigenvalue weighted by molar-refractivity contribution is 0.312. The summed E-state index contributed by atoms with van der Waals surface area (Å²) in [4.78, 5) is 1.35. The van der Waals surface area contributed by atoms with E-state index >= 15 is 0 Å². The predicted molar refractivity (Wildman–Crippen MR) is 83.4 cm³/mol. The molecule has 1 N–H and O–H groups in total. The van der Waals surface area contributed by atoms with Crippen LogP contribution in [-0.4, -0.2) is 13.2 Å². The smallest absolute Gasteiger partial charge is 0.133 e. The van der Waals surface area contributed by atoms with Crippen molar-refractivity contribution in [1.29, 1.82) is 0 Å². The first-order valence-corrected chi connectivity index (χ1v) is 8.03. The summed E-state index contributed by atoms with van der Waals surface area (Å²) in [7, 11) is 0. The van der Waals surface area contributed by atoms with Gasteiger partial charge in [0.2, 0.25) is 0 Å².